The summed E-state index contributed by atoms with van der Waals surface area (Å²) >= 11 is 0. The minimum Gasteiger partial charge on any atom is -0.449 e. The fourth-order valence-electron chi connectivity index (χ4n) is 0.983. The summed E-state index contributed by atoms with van der Waals surface area (Å²) in [5, 5.41) is 8.84. The van der Waals surface area contributed by atoms with E-state index in [0.717, 1.165) is 5.46 Å². The molecule has 0 heterocycles. The molecular formula is C8H11BO. The van der Waals surface area contributed by atoms with Crippen molar-refractivity contribution in [2.75, 3.05) is 0 Å². The van der Waals surface area contributed by atoms with E-state index in [2.05, 4.69) is 13.0 Å². The van der Waals surface area contributed by atoms with Crippen LogP contribution in [0.1, 0.15) is 11.1 Å². The molecule has 0 radical (unpaired) electrons. The lowest BCUT2D eigenvalue weighted by Crippen LogP contribution is -2.17. The lowest BCUT2D eigenvalue weighted by Gasteiger charge is -2.02. The summed E-state index contributed by atoms with van der Waals surface area (Å²) in [6, 6.07) is 5.96. The van der Waals surface area contributed by atoms with E-state index in [1.54, 1.807) is 0 Å². The first-order valence-corrected chi connectivity index (χ1v) is 3.41. The smallest absolute Gasteiger partial charge is 0.305 e. The number of benzene rings is 1. The first-order valence-electron chi connectivity index (χ1n) is 3.41. The van der Waals surface area contributed by atoms with E-state index in [1.165, 1.54) is 11.1 Å². The number of hydrogen-bond acceptors (Lipinski definition) is 1. The van der Waals surface area contributed by atoms with Crippen LogP contribution in [0.4, 0.5) is 0 Å². The molecule has 0 aliphatic rings. The van der Waals surface area contributed by atoms with Gasteiger partial charge in [-0.1, -0.05) is 23.8 Å². The van der Waals surface area contributed by atoms with Crippen molar-refractivity contribution >= 4 is 12.9 Å². The Labute approximate surface area is 62.0 Å². The second kappa shape index (κ2) is 2.89. The van der Waals surface area contributed by atoms with Crippen LogP contribution in [0.3, 0.4) is 0 Å². The fraction of sp³-hybridized carbons (Fsp3) is 0.250. The normalized spacial score (nSPS) is 9.50. The van der Waals surface area contributed by atoms with Gasteiger partial charge in [0.05, 0.1) is 0 Å². The molecule has 2 heteroatoms. The van der Waals surface area contributed by atoms with E-state index in [9.17, 15) is 0 Å². The van der Waals surface area contributed by atoms with Crippen LogP contribution in [-0.2, 0) is 0 Å². The van der Waals surface area contributed by atoms with Gasteiger partial charge < -0.3 is 5.02 Å². The molecule has 0 saturated carbocycles. The summed E-state index contributed by atoms with van der Waals surface area (Å²) in [5.74, 6) is 0. The number of rotatable bonds is 1. The van der Waals surface area contributed by atoms with Gasteiger partial charge in [0.15, 0.2) is 0 Å². The molecule has 10 heavy (non-hydrogen) atoms. The third-order valence-corrected chi connectivity index (χ3v) is 1.89. The minimum atomic E-state index is 0.146. The summed E-state index contributed by atoms with van der Waals surface area (Å²) in [6.45, 7) is 4.08. The van der Waals surface area contributed by atoms with Crippen molar-refractivity contribution in [1.82, 2.24) is 0 Å². The molecule has 0 fully saturated rings. The molecule has 0 aliphatic carbocycles. The van der Waals surface area contributed by atoms with Crippen LogP contribution in [0.15, 0.2) is 18.2 Å². The summed E-state index contributed by atoms with van der Waals surface area (Å²) < 4.78 is 0. The molecule has 1 aromatic rings. The molecular weight excluding hydrogens is 123 g/mol. The quantitative estimate of drug-likeness (QED) is 0.546. The Morgan fingerprint density at radius 3 is 2.50 bits per heavy atom. The third-order valence-electron chi connectivity index (χ3n) is 1.89. The van der Waals surface area contributed by atoms with Gasteiger partial charge in [0.25, 0.3) is 0 Å². The number of hydrogen-bond donors (Lipinski definition) is 1. The van der Waals surface area contributed by atoms with Crippen molar-refractivity contribution in [2.24, 2.45) is 0 Å². The van der Waals surface area contributed by atoms with Gasteiger partial charge in [-0.2, -0.15) is 0 Å². The van der Waals surface area contributed by atoms with Gasteiger partial charge in [-0.05, 0) is 24.9 Å². The zero-order valence-electron chi connectivity index (χ0n) is 6.39. The van der Waals surface area contributed by atoms with Gasteiger partial charge in [-0.15, -0.1) is 0 Å². The van der Waals surface area contributed by atoms with E-state index in [-0.39, 0.29) is 7.48 Å². The van der Waals surface area contributed by atoms with Gasteiger partial charge in [0, 0.05) is 0 Å². The van der Waals surface area contributed by atoms with E-state index in [4.69, 9.17) is 5.02 Å². The van der Waals surface area contributed by atoms with Crippen molar-refractivity contribution in [3.8, 4) is 0 Å². The summed E-state index contributed by atoms with van der Waals surface area (Å²) in [6.07, 6.45) is 0. The van der Waals surface area contributed by atoms with Crippen molar-refractivity contribution in [1.29, 1.82) is 0 Å². The third kappa shape index (κ3) is 1.22. The topological polar surface area (TPSA) is 20.2 Å². The lowest BCUT2D eigenvalue weighted by molar-refractivity contribution is 0.615. The second-order valence-corrected chi connectivity index (χ2v) is 2.52. The van der Waals surface area contributed by atoms with Crippen molar-refractivity contribution in [2.45, 2.75) is 13.8 Å². The molecule has 0 bridgehead atoms. The Hall–Kier alpha value is -0.755. The van der Waals surface area contributed by atoms with E-state index in [0.29, 0.717) is 0 Å². The fourth-order valence-corrected chi connectivity index (χ4v) is 0.983. The van der Waals surface area contributed by atoms with Gasteiger partial charge in [0.2, 0.25) is 0 Å². The first-order chi connectivity index (χ1) is 4.75. The standard InChI is InChI=1S/C8H11BO/c1-6-4-3-5-8(9-10)7(6)2/h3-5,9-10H,1-2H3. The maximum atomic E-state index is 8.84. The molecule has 0 amide bonds. The molecule has 0 unspecified atom stereocenters. The largest absolute Gasteiger partial charge is 0.449 e. The summed E-state index contributed by atoms with van der Waals surface area (Å²) in [7, 11) is 0.146. The van der Waals surface area contributed by atoms with E-state index >= 15 is 0 Å². The molecule has 1 aromatic carbocycles. The van der Waals surface area contributed by atoms with Gasteiger partial charge in [0.1, 0.15) is 0 Å². The van der Waals surface area contributed by atoms with Crippen molar-refractivity contribution in [3.05, 3.63) is 29.3 Å². The van der Waals surface area contributed by atoms with Gasteiger partial charge >= 0.3 is 7.48 Å². The monoisotopic (exact) mass is 134 g/mol. The first kappa shape index (κ1) is 7.35. The Balaban J connectivity index is 3.14. The highest BCUT2D eigenvalue weighted by Crippen LogP contribution is 2.00. The Morgan fingerprint density at radius 1 is 1.30 bits per heavy atom. The van der Waals surface area contributed by atoms with Crippen molar-refractivity contribution in [3.63, 3.8) is 0 Å². The van der Waals surface area contributed by atoms with E-state index in [1.807, 2.05) is 19.1 Å². The van der Waals surface area contributed by atoms with Gasteiger partial charge in [-0.3, -0.25) is 0 Å². The van der Waals surface area contributed by atoms with Gasteiger partial charge in [-0.25, -0.2) is 0 Å². The molecule has 0 aromatic heterocycles. The van der Waals surface area contributed by atoms with Crippen molar-refractivity contribution < 1.29 is 5.02 Å². The number of aryl methyl sites for hydroxylation is 1. The maximum absolute atomic E-state index is 8.84. The average Bonchev–Trinajstić information content (AvgIpc) is 1.95. The highest BCUT2D eigenvalue weighted by molar-refractivity contribution is 6.46. The predicted molar refractivity (Wildman–Crippen MR) is 44.9 cm³/mol. The van der Waals surface area contributed by atoms with Crippen LogP contribution in [0.25, 0.3) is 0 Å². The average molecular weight is 134 g/mol. The molecule has 52 valence electrons. The Kier molecular flexibility index (Phi) is 2.12. The van der Waals surface area contributed by atoms with E-state index < -0.39 is 0 Å². The molecule has 1 N–H and O–H groups in total. The van der Waals surface area contributed by atoms with Crippen LogP contribution < -0.4 is 5.46 Å². The molecule has 0 spiro atoms. The van der Waals surface area contributed by atoms with Crippen LogP contribution in [0.5, 0.6) is 0 Å². The van der Waals surface area contributed by atoms with Crippen LogP contribution in [-0.4, -0.2) is 12.5 Å². The highest BCUT2D eigenvalue weighted by atomic mass is 16.2. The molecule has 1 rings (SSSR count). The lowest BCUT2D eigenvalue weighted by atomic mass is 9.83. The maximum Gasteiger partial charge on any atom is 0.305 e. The highest BCUT2D eigenvalue weighted by Gasteiger charge is 1.98. The van der Waals surface area contributed by atoms with Crippen LogP contribution in [0, 0.1) is 13.8 Å². The summed E-state index contributed by atoms with van der Waals surface area (Å²) in [5.41, 5.74) is 3.47. The second-order valence-electron chi connectivity index (χ2n) is 2.52. The molecule has 1 nitrogen and oxygen atoms in total. The minimum absolute atomic E-state index is 0.146. The molecule has 0 atom stereocenters. The summed E-state index contributed by atoms with van der Waals surface area (Å²) in [4.78, 5) is 0. The zero-order valence-corrected chi connectivity index (χ0v) is 6.39. The van der Waals surface area contributed by atoms with Crippen LogP contribution in [0.2, 0.25) is 0 Å². The molecule has 0 aliphatic heterocycles. The molecule has 0 saturated heterocycles. The Bertz CT molecular complexity index is 233. The zero-order chi connectivity index (χ0) is 7.56. The Morgan fingerprint density at radius 2 is 2.00 bits per heavy atom. The predicted octanol–water partition coefficient (Wildman–Crippen LogP) is 0.273. The SMILES string of the molecule is Cc1cccc(BO)c1C. The van der Waals surface area contributed by atoms with Crippen LogP contribution >= 0.6 is 0 Å².